The van der Waals surface area contributed by atoms with Crippen molar-refractivity contribution >= 4 is 17.3 Å². The predicted molar refractivity (Wildman–Crippen MR) is 153 cm³/mol. The van der Waals surface area contributed by atoms with Crippen molar-refractivity contribution in [3.63, 3.8) is 0 Å². The second-order valence-corrected chi connectivity index (χ2v) is 10.5. The van der Waals surface area contributed by atoms with Gasteiger partial charge in [0.2, 0.25) is 5.95 Å². The minimum absolute atomic E-state index is 0.553. The minimum Gasteiger partial charge on any atom is -0.494 e. The molecular weight excluding hydrogens is 474 g/mol. The summed E-state index contributed by atoms with van der Waals surface area (Å²) in [6, 6.07) is 12.9. The van der Waals surface area contributed by atoms with Crippen molar-refractivity contribution in [2.45, 2.75) is 26.7 Å². The van der Waals surface area contributed by atoms with Crippen LogP contribution < -0.4 is 15.0 Å². The Morgan fingerprint density at radius 2 is 1.76 bits per heavy atom. The highest BCUT2D eigenvalue weighted by atomic mass is 16.5. The normalized spacial score (nSPS) is 15.2. The molecule has 2 aromatic carbocycles. The molecule has 0 amide bonds. The van der Waals surface area contributed by atoms with Gasteiger partial charge in [0.05, 0.1) is 29.9 Å². The number of fused-ring (bicyclic) bond motifs is 3. The van der Waals surface area contributed by atoms with Crippen LogP contribution in [0.2, 0.25) is 0 Å². The van der Waals surface area contributed by atoms with Gasteiger partial charge in [-0.05, 0) is 57.0 Å². The summed E-state index contributed by atoms with van der Waals surface area (Å²) in [5.74, 6) is 1.33. The van der Waals surface area contributed by atoms with Crippen molar-refractivity contribution in [1.29, 1.82) is 0 Å². The van der Waals surface area contributed by atoms with Crippen LogP contribution in [0.25, 0.3) is 22.5 Å². The monoisotopic (exact) mass is 509 g/mol. The van der Waals surface area contributed by atoms with Crippen molar-refractivity contribution in [1.82, 2.24) is 24.6 Å². The molecule has 196 valence electrons. The molecular formula is C30H35N7O. The van der Waals surface area contributed by atoms with E-state index < -0.39 is 0 Å². The number of aromatic nitrogens is 4. The molecule has 0 atom stereocenters. The Hall–Kier alpha value is -3.91. The highest BCUT2D eigenvalue weighted by Crippen LogP contribution is 2.41. The van der Waals surface area contributed by atoms with E-state index >= 15 is 0 Å². The first-order valence-electron chi connectivity index (χ1n) is 13.3. The third-order valence-electron chi connectivity index (χ3n) is 7.79. The molecule has 6 rings (SSSR count). The average Bonchev–Trinajstić information content (AvgIpc) is 3.25. The van der Waals surface area contributed by atoms with Crippen LogP contribution in [0.1, 0.15) is 22.4 Å². The fourth-order valence-electron chi connectivity index (χ4n) is 5.68. The first-order chi connectivity index (χ1) is 18.4. The number of methoxy groups -OCH3 is 1. The van der Waals surface area contributed by atoms with Crippen molar-refractivity contribution in [2.75, 3.05) is 50.6 Å². The van der Waals surface area contributed by atoms with Crippen molar-refractivity contribution in [3.8, 4) is 28.3 Å². The van der Waals surface area contributed by atoms with Crippen LogP contribution in [0.5, 0.6) is 5.75 Å². The maximum atomic E-state index is 5.77. The smallest absolute Gasteiger partial charge is 0.227 e. The lowest BCUT2D eigenvalue weighted by atomic mass is 9.90. The minimum atomic E-state index is 0.553. The second kappa shape index (κ2) is 9.76. The van der Waals surface area contributed by atoms with Gasteiger partial charge in [-0.3, -0.25) is 4.68 Å². The predicted octanol–water partition coefficient (Wildman–Crippen LogP) is 4.76. The third kappa shape index (κ3) is 4.39. The van der Waals surface area contributed by atoms with Crippen LogP contribution in [-0.2, 0) is 19.9 Å². The van der Waals surface area contributed by atoms with E-state index in [1.165, 1.54) is 22.4 Å². The number of likely N-dealkylation sites (N-methyl/N-ethyl adjacent to an activating group) is 1. The Labute approximate surface area is 224 Å². The van der Waals surface area contributed by atoms with E-state index in [4.69, 9.17) is 14.8 Å². The van der Waals surface area contributed by atoms with Crippen LogP contribution in [0.4, 0.5) is 17.3 Å². The molecule has 2 aromatic heterocycles. The van der Waals surface area contributed by atoms with Crippen molar-refractivity contribution < 1.29 is 4.74 Å². The van der Waals surface area contributed by atoms with Crippen molar-refractivity contribution in [3.05, 3.63) is 65.0 Å². The summed E-state index contributed by atoms with van der Waals surface area (Å²) in [4.78, 5) is 14.5. The van der Waals surface area contributed by atoms with Crippen LogP contribution in [0, 0.1) is 13.8 Å². The lowest BCUT2D eigenvalue weighted by molar-refractivity contribution is 0.312. The molecule has 0 radical (unpaired) electrons. The van der Waals surface area contributed by atoms with Crippen molar-refractivity contribution in [2.24, 2.45) is 7.05 Å². The number of rotatable bonds is 5. The number of hydrogen-bond donors (Lipinski definition) is 1. The Kier molecular flexibility index (Phi) is 6.27. The standard InChI is InChI=1S/C30H35N7O/c1-19-6-9-23(20(2)16-19)29-27-25(34-36(29)4)10-7-21-18-31-30(33-28(21)27)32-24-11-8-22(17-26(24)38-5)37-14-12-35(3)13-15-37/h6,8-9,11,16-18H,7,10,12-15H2,1-5H3,(H,31,32,33). The third-order valence-corrected chi connectivity index (χ3v) is 7.79. The molecule has 0 bridgehead atoms. The SMILES string of the molecule is COc1cc(N2CCN(C)CC2)ccc1Nc1ncc2c(n1)-c1c(nn(C)c1-c1ccc(C)cc1C)CC2. The van der Waals surface area contributed by atoms with Crippen LogP contribution in [0.15, 0.2) is 42.6 Å². The number of ether oxygens (including phenoxy) is 1. The lowest BCUT2D eigenvalue weighted by Gasteiger charge is -2.34. The molecule has 0 saturated carbocycles. The van der Waals surface area contributed by atoms with Crippen LogP contribution >= 0.6 is 0 Å². The first-order valence-corrected chi connectivity index (χ1v) is 13.3. The molecule has 0 spiro atoms. The summed E-state index contributed by atoms with van der Waals surface area (Å²) in [5.41, 5.74) is 11.1. The van der Waals surface area contributed by atoms with E-state index in [0.29, 0.717) is 5.95 Å². The van der Waals surface area contributed by atoms with E-state index in [0.717, 1.165) is 78.7 Å². The number of aryl methyl sites for hydroxylation is 5. The van der Waals surface area contributed by atoms with Gasteiger partial charge in [0.1, 0.15) is 5.75 Å². The number of hydrogen-bond acceptors (Lipinski definition) is 7. The van der Waals surface area contributed by atoms with E-state index in [1.54, 1.807) is 7.11 Å². The second-order valence-electron chi connectivity index (χ2n) is 10.5. The number of nitrogens with zero attached hydrogens (tertiary/aromatic N) is 6. The Morgan fingerprint density at radius 3 is 2.53 bits per heavy atom. The summed E-state index contributed by atoms with van der Waals surface area (Å²) in [5, 5.41) is 8.32. The highest BCUT2D eigenvalue weighted by molar-refractivity contribution is 5.85. The molecule has 1 aliphatic carbocycles. The van der Waals surface area contributed by atoms with Gasteiger partial charge in [0, 0.05) is 62.3 Å². The Bertz CT molecular complexity index is 1500. The molecule has 1 fully saturated rings. The van der Waals surface area contributed by atoms with E-state index in [2.05, 4.69) is 77.4 Å². The fraction of sp³-hybridized carbons (Fsp3) is 0.367. The maximum absolute atomic E-state index is 5.77. The number of piperazine rings is 1. The topological polar surface area (TPSA) is 71.3 Å². The molecule has 1 saturated heterocycles. The first kappa shape index (κ1) is 24.4. The maximum Gasteiger partial charge on any atom is 0.227 e. The molecule has 0 unspecified atom stereocenters. The number of benzene rings is 2. The van der Waals surface area contributed by atoms with Gasteiger partial charge in [-0.15, -0.1) is 0 Å². The van der Waals surface area contributed by atoms with Gasteiger partial charge in [0.15, 0.2) is 0 Å². The van der Waals surface area contributed by atoms with Gasteiger partial charge < -0.3 is 19.9 Å². The summed E-state index contributed by atoms with van der Waals surface area (Å²) < 4.78 is 7.78. The molecule has 1 N–H and O–H groups in total. The zero-order chi connectivity index (χ0) is 26.4. The van der Waals surface area contributed by atoms with Gasteiger partial charge in [-0.1, -0.05) is 23.8 Å². The lowest BCUT2D eigenvalue weighted by Crippen LogP contribution is -2.44. The largest absolute Gasteiger partial charge is 0.494 e. The zero-order valence-corrected chi connectivity index (χ0v) is 22.9. The Morgan fingerprint density at radius 1 is 0.947 bits per heavy atom. The molecule has 38 heavy (non-hydrogen) atoms. The molecule has 2 aliphatic rings. The quantitative estimate of drug-likeness (QED) is 0.416. The highest BCUT2D eigenvalue weighted by Gasteiger charge is 2.28. The summed E-state index contributed by atoms with van der Waals surface area (Å²) in [7, 11) is 5.91. The fourth-order valence-corrected chi connectivity index (χ4v) is 5.68. The van der Waals surface area contributed by atoms with E-state index in [1.807, 2.05) is 17.9 Å². The van der Waals surface area contributed by atoms with Gasteiger partial charge >= 0.3 is 0 Å². The van der Waals surface area contributed by atoms with Gasteiger partial charge in [-0.25, -0.2) is 9.97 Å². The van der Waals surface area contributed by atoms with Gasteiger partial charge in [0.25, 0.3) is 0 Å². The summed E-state index contributed by atoms with van der Waals surface area (Å²) in [6.07, 6.45) is 3.73. The Balaban J connectivity index is 1.35. The molecule has 3 heterocycles. The average molecular weight is 510 g/mol. The molecule has 8 nitrogen and oxygen atoms in total. The summed E-state index contributed by atoms with van der Waals surface area (Å²) >= 11 is 0. The molecule has 1 aliphatic heterocycles. The molecule has 4 aromatic rings. The van der Waals surface area contributed by atoms with Crippen LogP contribution in [0.3, 0.4) is 0 Å². The summed E-state index contributed by atoms with van der Waals surface area (Å²) in [6.45, 7) is 8.43. The van der Waals surface area contributed by atoms with Crippen LogP contribution in [-0.4, -0.2) is 65.0 Å². The van der Waals surface area contributed by atoms with E-state index in [-0.39, 0.29) is 0 Å². The number of nitrogens with one attached hydrogen (secondary N) is 1. The van der Waals surface area contributed by atoms with E-state index in [9.17, 15) is 0 Å². The van der Waals surface area contributed by atoms with Gasteiger partial charge in [-0.2, -0.15) is 5.10 Å². The number of anilines is 3. The molecule has 8 heteroatoms. The zero-order valence-electron chi connectivity index (χ0n) is 22.9.